The van der Waals surface area contributed by atoms with Crippen molar-refractivity contribution < 1.29 is 10.3 Å². The largest absolute Gasteiger partial charge is 0.411 e. The van der Waals surface area contributed by atoms with Gasteiger partial charge in [0.05, 0.1) is 12.3 Å². The summed E-state index contributed by atoms with van der Waals surface area (Å²) in [6.07, 6.45) is 13.9. The maximum absolute atomic E-state index is 10.9. The molecule has 0 heterocycles. The molecule has 5 fully saturated rings. The van der Waals surface area contributed by atoms with Crippen LogP contribution in [0.15, 0.2) is 17.3 Å². The monoisotopic (exact) mass is 455 g/mol. The van der Waals surface area contributed by atoms with E-state index in [2.05, 4.69) is 53.3 Å². The summed E-state index contributed by atoms with van der Waals surface area (Å²) in [5.41, 5.74) is 2.40. The lowest BCUT2D eigenvalue weighted by atomic mass is 9.32. The van der Waals surface area contributed by atoms with Gasteiger partial charge in [0.15, 0.2) is 0 Å². The van der Waals surface area contributed by atoms with Crippen LogP contribution in [0.4, 0.5) is 0 Å². The minimum absolute atomic E-state index is 0.0158. The molecule has 2 N–H and O–H groups in total. The van der Waals surface area contributed by atoms with Gasteiger partial charge in [-0.3, -0.25) is 0 Å². The second-order valence-corrected chi connectivity index (χ2v) is 14.5. The molecular formula is C30H49NO2. The molecule has 0 radical (unpaired) electrons. The van der Waals surface area contributed by atoms with Crippen LogP contribution in [-0.4, -0.2) is 22.6 Å². The molecular weight excluding hydrogens is 406 g/mol. The predicted octanol–water partition coefficient (Wildman–Crippen LogP) is 7.46. The van der Waals surface area contributed by atoms with Crippen molar-refractivity contribution in [1.29, 1.82) is 0 Å². The zero-order valence-corrected chi connectivity index (χ0v) is 22.2. The highest BCUT2D eigenvalue weighted by molar-refractivity contribution is 5.67. The Labute approximate surface area is 202 Å². The van der Waals surface area contributed by atoms with Gasteiger partial charge in [-0.1, -0.05) is 46.8 Å². The summed E-state index contributed by atoms with van der Waals surface area (Å²) >= 11 is 0. The number of aliphatic hydroxyl groups is 1. The first-order chi connectivity index (χ1) is 15.4. The first kappa shape index (κ1) is 23.9. The molecule has 10 atom stereocenters. The van der Waals surface area contributed by atoms with Crippen LogP contribution in [0.25, 0.3) is 0 Å². The van der Waals surface area contributed by atoms with Crippen molar-refractivity contribution in [3.8, 4) is 0 Å². The Hall–Kier alpha value is -0.830. The van der Waals surface area contributed by atoms with Crippen molar-refractivity contribution in [2.45, 2.75) is 112 Å². The fourth-order valence-electron chi connectivity index (χ4n) is 11.5. The molecule has 0 aromatic heterocycles. The van der Waals surface area contributed by atoms with Crippen LogP contribution in [0.1, 0.15) is 106 Å². The van der Waals surface area contributed by atoms with Gasteiger partial charge in [-0.2, -0.15) is 0 Å². The third-order valence-electron chi connectivity index (χ3n) is 13.4. The number of rotatable bonds is 2. The molecule has 0 aromatic carbocycles. The van der Waals surface area contributed by atoms with E-state index in [4.69, 9.17) is 0 Å². The van der Waals surface area contributed by atoms with E-state index in [-0.39, 0.29) is 16.9 Å². The van der Waals surface area contributed by atoms with Gasteiger partial charge in [0.2, 0.25) is 0 Å². The highest BCUT2D eigenvalue weighted by Gasteiger charge is 2.70. The van der Waals surface area contributed by atoms with Crippen molar-refractivity contribution in [2.75, 3.05) is 0 Å². The topological polar surface area (TPSA) is 52.8 Å². The molecule has 5 aliphatic carbocycles. The average Bonchev–Trinajstić information content (AvgIpc) is 3.12. The van der Waals surface area contributed by atoms with E-state index in [0.717, 1.165) is 25.2 Å². The normalized spacial score (nSPS) is 55.4. The number of aliphatic hydroxyl groups excluding tert-OH is 1. The van der Waals surface area contributed by atoms with Gasteiger partial charge in [-0.25, -0.2) is 0 Å². The summed E-state index contributed by atoms with van der Waals surface area (Å²) in [6, 6.07) is 0. The molecule has 0 bridgehead atoms. The van der Waals surface area contributed by atoms with E-state index in [1.165, 1.54) is 50.5 Å². The van der Waals surface area contributed by atoms with Gasteiger partial charge in [0.1, 0.15) is 0 Å². The molecule has 186 valence electrons. The second kappa shape index (κ2) is 7.34. The third kappa shape index (κ3) is 2.87. The van der Waals surface area contributed by atoms with Crippen LogP contribution in [0.5, 0.6) is 0 Å². The Bertz CT molecular complexity index is 848. The van der Waals surface area contributed by atoms with Gasteiger partial charge in [0, 0.05) is 5.41 Å². The quantitative estimate of drug-likeness (QED) is 0.196. The summed E-state index contributed by atoms with van der Waals surface area (Å²) in [5, 5.41) is 24.2. The fourth-order valence-corrected chi connectivity index (χ4v) is 11.5. The lowest BCUT2D eigenvalue weighted by Crippen LogP contribution is -2.66. The molecule has 3 nitrogen and oxygen atoms in total. The zero-order valence-electron chi connectivity index (χ0n) is 22.2. The highest BCUT2D eigenvalue weighted by atomic mass is 16.4. The highest BCUT2D eigenvalue weighted by Crippen LogP contribution is 2.77. The van der Waals surface area contributed by atoms with Gasteiger partial charge in [-0.05, 0) is 122 Å². The maximum atomic E-state index is 10.9. The van der Waals surface area contributed by atoms with Crippen molar-refractivity contribution in [3.63, 3.8) is 0 Å². The summed E-state index contributed by atoms with van der Waals surface area (Å²) in [6.45, 7) is 19.3. The van der Waals surface area contributed by atoms with Crippen LogP contribution in [0.3, 0.4) is 0 Å². The molecule has 0 amide bonds. The maximum Gasteiger partial charge on any atom is 0.0594 e. The molecule has 3 heteroatoms. The molecule has 0 saturated heterocycles. The summed E-state index contributed by atoms with van der Waals surface area (Å²) in [5.74, 6) is 3.16. The van der Waals surface area contributed by atoms with E-state index in [1.807, 2.05) is 6.21 Å². The van der Waals surface area contributed by atoms with Crippen molar-refractivity contribution in [2.24, 2.45) is 61.8 Å². The molecule has 5 aliphatic rings. The van der Waals surface area contributed by atoms with E-state index < -0.39 is 0 Å². The Morgan fingerprint density at radius 3 is 2.24 bits per heavy atom. The second-order valence-electron chi connectivity index (χ2n) is 14.5. The Balaban J connectivity index is 1.56. The number of fused-ring (bicyclic) bond motifs is 7. The average molecular weight is 456 g/mol. The van der Waals surface area contributed by atoms with Crippen LogP contribution in [0, 0.1) is 56.7 Å². The number of oxime groups is 1. The molecule has 0 aromatic rings. The Kier molecular flexibility index (Phi) is 5.31. The molecule has 5 saturated carbocycles. The lowest BCUT2D eigenvalue weighted by molar-refractivity contribution is -0.243. The van der Waals surface area contributed by atoms with Gasteiger partial charge < -0.3 is 10.3 Å². The molecule has 33 heavy (non-hydrogen) atoms. The minimum atomic E-state index is -0.158. The lowest BCUT2D eigenvalue weighted by Gasteiger charge is -2.72. The predicted molar refractivity (Wildman–Crippen MR) is 135 cm³/mol. The number of hydrogen-bond donors (Lipinski definition) is 2. The molecule has 0 aliphatic heterocycles. The SMILES string of the molecule is C=C(C)C1CCC2(C=NO)CCC3(C)C(CCC4C5(C)CCC(O)C(C)(C)C5CCC43C)C12. The van der Waals surface area contributed by atoms with Crippen molar-refractivity contribution >= 4 is 6.21 Å². The first-order valence-corrected chi connectivity index (χ1v) is 13.9. The Morgan fingerprint density at radius 2 is 1.58 bits per heavy atom. The standard InChI is InChI=1S/C30H49NO2/c1-19(2)20-10-15-30(18-31-33)17-16-28(6)21(25(20)30)8-9-23-27(5)13-12-24(32)26(3,4)22(27)11-14-29(23,28)7/h18,20-25,32-33H,1,8-17H2,2-7H3. The number of hydrogen-bond acceptors (Lipinski definition) is 3. The summed E-state index contributed by atoms with van der Waals surface area (Å²) in [4.78, 5) is 0. The van der Waals surface area contributed by atoms with E-state index in [0.29, 0.717) is 39.9 Å². The van der Waals surface area contributed by atoms with Crippen LogP contribution >= 0.6 is 0 Å². The number of nitrogens with zero attached hydrogens (tertiary/aromatic N) is 1. The van der Waals surface area contributed by atoms with Crippen LogP contribution in [0.2, 0.25) is 0 Å². The van der Waals surface area contributed by atoms with E-state index in [1.54, 1.807) is 0 Å². The van der Waals surface area contributed by atoms with E-state index >= 15 is 0 Å². The smallest absolute Gasteiger partial charge is 0.0594 e. The molecule has 0 spiro atoms. The molecule has 5 rings (SSSR count). The summed E-state index contributed by atoms with van der Waals surface area (Å²) in [7, 11) is 0. The molecule has 10 unspecified atom stereocenters. The van der Waals surface area contributed by atoms with Gasteiger partial charge in [0.25, 0.3) is 0 Å². The van der Waals surface area contributed by atoms with Crippen LogP contribution in [-0.2, 0) is 0 Å². The van der Waals surface area contributed by atoms with Crippen LogP contribution < -0.4 is 0 Å². The van der Waals surface area contributed by atoms with Crippen molar-refractivity contribution in [1.82, 2.24) is 0 Å². The summed E-state index contributed by atoms with van der Waals surface area (Å²) < 4.78 is 0. The van der Waals surface area contributed by atoms with Gasteiger partial charge >= 0.3 is 0 Å². The Morgan fingerprint density at radius 1 is 0.848 bits per heavy atom. The minimum Gasteiger partial charge on any atom is -0.411 e. The zero-order chi connectivity index (χ0) is 24.0. The fraction of sp³-hybridized carbons (Fsp3) is 0.900. The van der Waals surface area contributed by atoms with Crippen molar-refractivity contribution in [3.05, 3.63) is 12.2 Å². The first-order valence-electron chi connectivity index (χ1n) is 13.9. The van der Waals surface area contributed by atoms with E-state index in [9.17, 15) is 10.3 Å². The van der Waals surface area contributed by atoms with Gasteiger partial charge in [-0.15, -0.1) is 5.16 Å². The third-order valence-corrected chi connectivity index (χ3v) is 13.4. The number of allylic oxidation sites excluding steroid dienone is 1.